The molecule has 5 nitrogen and oxygen atoms in total. The quantitative estimate of drug-likeness (QED) is 0.643. The zero-order chi connectivity index (χ0) is 11.3. The van der Waals surface area contributed by atoms with E-state index in [9.17, 15) is 0 Å². The number of rotatable bonds is 0. The summed E-state index contributed by atoms with van der Waals surface area (Å²) < 4.78 is 1.52. The van der Waals surface area contributed by atoms with Gasteiger partial charge in [-0.1, -0.05) is 17.7 Å². The first-order valence-electron chi connectivity index (χ1n) is 4.74. The average Bonchev–Trinajstić information content (AvgIpc) is 2.63. The van der Waals surface area contributed by atoms with Crippen LogP contribution in [0.4, 0.5) is 5.95 Å². The highest BCUT2D eigenvalue weighted by Gasteiger charge is 2.11. The van der Waals surface area contributed by atoms with Crippen LogP contribution < -0.4 is 5.73 Å². The minimum absolute atomic E-state index is 0.288. The lowest BCUT2D eigenvalue weighted by Gasteiger charge is -2.03. The van der Waals surface area contributed by atoms with Crippen molar-refractivity contribution in [2.24, 2.45) is 0 Å². The van der Waals surface area contributed by atoms with Gasteiger partial charge in [0, 0.05) is 5.39 Å². The van der Waals surface area contributed by atoms with Gasteiger partial charge in [-0.2, -0.15) is 4.52 Å². The number of nitrogens with two attached hydrogens (primary N) is 1. The molecule has 80 valence electrons. The van der Waals surface area contributed by atoms with Crippen LogP contribution in [0.5, 0.6) is 0 Å². The predicted octanol–water partition coefficient (Wildman–Crippen LogP) is 1.82. The fourth-order valence-electron chi connectivity index (χ4n) is 1.72. The van der Waals surface area contributed by atoms with Crippen molar-refractivity contribution < 1.29 is 0 Å². The van der Waals surface area contributed by atoms with Gasteiger partial charge in [-0.05, 0) is 19.1 Å². The Kier molecular flexibility index (Phi) is 1.79. The van der Waals surface area contributed by atoms with Gasteiger partial charge in [0.05, 0.1) is 10.5 Å². The molecule has 2 heterocycles. The Morgan fingerprint density at radius 1 is 1.31 bits per heavy atom. The van der Waals surface area contributed by atoms with E-state index in [0.717, 1.165) is 5.39 Å². The van der Waals surface area contributed by atoms with Gasteiger partial charge in [-0.15, -0.1) is 5.10 Å². The van der Waals surface area contributed by atoms with Gasteiger partial charge in [-0.25, -0.2) is 9.97 Å². The number of para-hydroxylation sites is 1. The van der Waals surface area contributed by atoms with Gasteiger partial charge in [0.15, 0.2) is 5.65 Å². The van der Waals surface area contributed by atoms with Crippen LogP contribution in [-0.4, -0.2) is 19.6 Å². The molecule has 0 aliphatic rings. The third kappa shape index (κ3) is 1.15. The monoisotopic (exact) mass is 233 g/mol. The largest absolute Gasteiger partial charge is 0.368 e. The minimum atomic E-state index is 0.288. The van der Waals surface area contributed by atoms with Crippen molar-refractivity contribution in [2.75, 3.05) is 5.73 Å². The molecule has 0 radical (unpaired) electrons. The molecule has 0 saturated carbocycles. The molecule has 0 unspecified atom stereocenters. The first-order chi connectivity index (χ1) is 7.66. The van der Waals surface area contributed by atoms with Crippen molar-refractivity contribution >= 4 is 34.1 Å². The van der Waals surface area contributed by atoms with Crippen LogP contribution in [-0.2, 0) is 0 Å². The third-order valence-corrected chi connectivity index (χ3v) is 2.69. The number of benzene rings is 1. The van der Waals surface area contributed by atoms with E-state index in [0.29, 0.717) is 22.0 Å². The highest BCUT2D eigenvalue weighted by atomic mass is 35.5. The number of aryl methyl sites for hydroxylation is 1. The first kappa shape index (κ1) is 9.35. The highest BCUT2D eigenvalue weighted by Crippen LogP contribution is 2.25. The van der Waals surface area contributed by atoms with Gasteiger partial charge in [-0.3, -0.25) is 0 Å². The van der Waals surface area contributed by atoms with Gasteiger partial charge >= 0.3 is 0 Å². The van der Waals surface area contributed by atoms with Crippen LogP contribution in [0.15, 0.2) is 18.2 Å². The van der Waals surface area contributed by atoms with E-state index >= 15 is 0 Å². The van der Waals surface area contributed by atoms with Crippen LogP contribution in [0.1, 0.15) is 5.82 Å². The Morgan fingerprint density at radius 2 is 2.12 bits per heavy atom. The van der Waals surface area contributed by atoms with E-state index in [4.69, 9.17) is 17.3 Å². The highest BCUT2D eigenvalue weighted by molar-refractivity contribution is 6.35. The second kappa shape index (κ2) is 3.05. The molecule has 0 aliphatic carbocycles. The van der Waals surface area contributed by atoms with Crippen molar-refractivity contribution in [3.63, 3.8) is 0 Å². The normalized spacial score (nSPS) is 11.4. The second-order valence-corrected chi connectivity index (χ2v) is 3.91. The van der Waals surface area contributed by atoms with Gasteiger partial charge in [0.1, 0.15) is 5.82 Å². The Labute approximate surface area is 95.9 Å². The molecular formula is C10H8ClN5. The molecule has 2 aromatic heterocycles. The SMILES string of the molecule is Cc1nc2c3cccc(Cl)c3nc(N)n2n1. The van der Waals surface area contributed by atoms with Crippen LogP contribution in [0, 0.1) is 6.92 Å². The molecule has 0 amide bonds. The second-order valence-electron chi connectivity index (χ2n) is 3.50. The van der Waals surface area contributed by atoms with Crippen LogP contribution in [0.25, 0.3) is 16.6 Å². The standard InChI is InChI=1S/C10H8ClN5/c1-5-13-9-6-3-2-4-7(11)8(6)14-10(12)16(9)15-5/h2-4H,1H3,(H2,12,14). The van der Waals surface area contributed by atoms with Crippen LogP contribution >= 0.6 is 11.6 Å². The lowest BCUT2D eigenvalue weighted by Crippen LogP contribution is -2.02. The molecule has 0 spiro atoms. The molecule has 3 rings (SSSR count). The molecule has 6 heteroatoms. The summed E-state index contributed by atoms with van der Waals surface area (Å²) in [4.78, 5) is 8.54. The van der Waals surface area contributed by atoms with Crippen molar-refractivity contribution in [3.05, 3.63) is 29.0 Å². The summed E-state index contributed by atoms with van der Waals surface area (Å²) in [7, 11) is 0. The Bertz CT molecular complexity index is 703. The lowest BCUT2D eigenvalue weighted by molar-refractivity contribution is 0.923. The lowest BCUT2D eigenvalue weighted by atomic mass is 10.2. The van der Waals surface area contributed by atoms with Gasteiger partial charge in [0.2, 0.25) is 5.95 Å². The van der Waals surface area contributed by atoms with Crippen molar-refractivity contribution in [1.82, 2.24) is 19.6 Å². The maximum absolute atomic E-state index is 6.06. The Balaban J connectivity index is 2.63. The van der Waals surface area contributed by atoms with Gasteiger partial charge in [0.25, 0.3) is 0 Å². The minimum Gasteiger partial charge on any atom is -0.368 e. The summed E-state index contributed by atoms with van der Waals surface area (Å²) >= 11 is 6.06. The zero-order valence-corrected chi connectivity index (χ0v) is 9.23. The number of hydrogen-bond acceptors (Lipinski definition) is 4. The summed E-state index contributed by atoms with van der Waals surface area (Å²) in [6, 6.07) is 5.53. The number of nitrogen functional groups attached to an aromatic ring is 1. The van der Waals surface area contributed by atoms with E-state index in [1.807, 2.05) is 19.1 Å². The van der Waals surface area contributed by atoms with E-state index in [-0.39, 0.29) is 5.95 Å². The maximum Gasteiger partial charge on any atom is 0.223 e. The van der Waals surface area contributed by atoms with Crippen molar-refractivity contribution in [3.8, 4) is 0 Å². The molecule has 2 N–H and O–H groups in total. The molecule has 0 saturated heterocycles. The maximum atomic E-state index is 6.06. The number of hydrogen-bond donors (Lipinski definition) is 1. The zero-order valence-electron chi connectivity index (χ0n) is 8.48. The van der Waals surface area contributed by atoms with Crippen LogP contribution in [0.2, 0.25) is 5.02 Å². The molecule has 1 aromatic carbocycles. The molecule has 16 heavy (non-hydrogen) atoms. The fourth-order valence-corrected chi connectivity index (χ4v) is 1.94. The summed E-state index contributed by atoms with van der Waals surface area (Å²) in [6.45, 7) is 1.81. The fraction of sp³-hybridized carbons (Fsp3) is 0.100. The smallest absolute Gasteiger partial charge is 0.223 e. The van der Waals surface area contributed by atoms with E-state index < -0.39 is 0 Å². The summed E-state index contributed by atoms with van der Waals surface area (Å²) in [5.41, 5.74) is 7.13. The number of halogens is 1. The summed E-state index contributed by atoms with van der Waals surface area (Å²) in [5, 5.41) is 5.58. The predicted molar refractivity (Wildman–Crippen MR) is 62.4 cm³/mol. The first-order valence-corrected chi connectivity index (χ1v) is 5.11. The number of aromatic nitrogens is 4. The molecule has 0 atom stereocenters. The van der Waals surface area contributed by atoms with E-state index in [1.54, 1.807) is 6.07 Å². The molecule has 0 bridgehead atoms. The Morgan fingerprint density at radius 3 is 2.94 bits per heavy atom. The molecule has 0 aliphatic heterocycles. The van der Waals surface area contributed by atoms with Crippen LogP contribution in [0.3, 0.4) is 0 Å². The van der Waals surface area contributed by atoms with E-state index in [2.05, 4.69) is 15.1 Å². The summed E-state index contributed by atoms with van der Waals surface area (Å²) in [5.74, 6) is 0.942. The number of nitrogens with zero attached hydrogens (tertiary/aromatic N) is 4. The van der Waals surface area contributed by atoms with Gasteiger partial charge < -0.3 is 5.73 Å². The third-order valence-electron chi connectivity index (χ3n) is 2.38. The average molecular weight is 234 g/mol. The Hall–Kier alpha value is -1.88. The van der Waals surface area contributed by atoms with E-state index in [1.165, 1.54) is 4.52 Å². The summed E-state index contributed by atoms with van der Waals surface area (Å²) in [6.07, 6.45) is 0. The van der Waals surface area contributed by atoms with Crippen molar-refractivity contribution in [2.45, 2.75) is 6.92 Å². The molecule has 0 fully saturated rings. The molecule has 3 aromatic rings. The molecular weight excluding hydrogens is 226 g/mol. The number of anilines is 1. The number of fused-ring (bicyclic) bond motifs is 3. The topological polar surface area (TPSA) is 69.1 Å². The van der Waals surface area contributed by atoms with Crippen molar-refractivity contribution in [1.29, 1.82) is 0 Å².